The number of nitrogens with zero attached hydrogens (tertiary/aromatic N) is 5. The standard InChI is InChI=1S/C25H26N6O2/c1-29-12-14-31(15-13-29)20-5-3-4-19(16-20)30(2)18-6-8-21(9-7-18)33-25-27-23-17-26-11-10-22(23)24(32)28-25/h3-11,16-17H,12-15H2,1-2H3,(H,27,28,32). The molecule has 8 heteroatoms. The third-order valence-corrected chi connectivity index (χ3v) is 6.01. The van der Waals surface area contributed by atoms with Crippen LogP contribution in [-0.2, 0) is 0 Å². The molecule has 0 bridgehead atoms. The van der Waals surface area contributed by atoms with Crippen molar-refractivity contribution in [3.8, 4) is 11.8 Å². The Bertz CT molecular complexity index is 1310. The SMILES string of the molecule is CN1CCN(c2cccc(N(C)c3ccc(Oc4nc5cnccc5c(=O)[nH]4)cc3)c2)CC1. The van der Waals surface area contributed by atoms with Gasteiger partial charge in [-0.3, -0.25) is 14.8 Å². The lowest BCUT2D eigenvalue weighted by atomic mass is 10.2. The van der Waals surface area contributed by atoms with Crippen LogP contribution in [0.15, 0.2) is 71.8 Å². The Hall–Kier alpha value is -3.91. The van der Waals surface area contributed by atoms with Crippen LogP contribution in [0.2, 0.25) is 0 Å². The van der Waals surface area contributed by atoms with Crippen molar-refractivity contribution in [1.82, 2.24) is 19.9 Å². The predicted octanol–water partition coefficient (Wildman–Crippen LogP) is 3.63. The number of hydrogen-bond donors (Lipinski definition) is 1. The van der Waals surface area contributed by atoms with Gasteiger partial charge in [0, 0.05) is 56.5 Å². The third kappa shape index (κ3) is 4.51. The van der Waals surface area contributed by atoms with E-state index < -0.39 is 0 Å². The summed E-state index contributed by atoms with van der Waals surface area (Å²) in [5, 5.41) is 0.480. The Kier molecular flexibility index (Phi) is 5.66. The summed E-state index contributed by atoms with van der Waals surface area (Å²) in [6.45, 7) is 4.23. The highest BCUT2D eigenvalue weighted by Gasteiger charge is 2.15. The molecule has 3 heterocycles. The van der Waals surface area contributed by atoms with Crippen LogP contribution in [-0.4, -0.2) is 60.1 Å². The topological polar surface area (TPSA) is 77.6 Å². The second-order valence-electron chi connectivity index (χ2n) is 8.23. The minimum atomic E-state index is -0.256. The third-order valence-electron chi connectivity index (χ3n) is 6.01. The second kappa shape index (κ2) is 8.91. The van der Waals surface area contributed by atoms with Crippen molar-refractivity contribution in [2.75, 3.05) is 50.1 Å². The molecule has 4 aromatic rings. The van der Waals surface area contributed by atoms with Crippen LogP contribution >= 0.6 is 0 Å². The first-order chi connectivity index (χ1) is 16.1. The molecule has 2 aromatic carbocycles. The molecule has 0 aliphatic carbocycles. The van der Waals surface area contributed by atoms with Gasteiger partial charge in [0.2, 0.25) is 0 Å². The summed E-state index contributed by atoms with van der Waals surface area (Å²) in [4.78, 5) is 30.2. The van der Waals surface area contributed by atoms with E-state index in [1.54, 1.807) is 18.5 Å². The van der Waals surface area contributed by atoms with Gasteiger partial charge in [0.15, 0.2) is 0 Å². The van der Waals surface area contributed by atoms with Gasteiger partial charge in [-0.05, 0) is 55.6 Å². The number of hydrogen-bond acceptors (Lipinski definition) is 7. The molecule has 2 aromatic heterocycles. The Morgan fingerprint density at radius 3 is 2.58 bits per heavy atom. The lowest BCUT2D eigenvalue weighted by Crippen LogP contribution is -2.44. The van der Waals surface area contributed by atoms with Gasteiger partial charge in [-0.25, -0.2) is 0 Å². The van der Waals surface area contributed by atoms with Gasteiger partial charge in [-0.1, -0.05) is 6.07 Å². The van der Waals surface area contributed by atoms with E-state index in [1.807, 2.05) is 31.3 Å². The molecule has 8 nitrogen and oxygen atoms in total. The molecule has 1 aliphatic heterocycles. The fourth-order valence-electron chi connectivity index (χ4n) is 3.98. The van der Waals surface area contributed by atoms with Crippen molar-refractivity contribution in [3.05, 3.63) is 77.3 Å². The first-order valence-electron chi connectivity index (χ1n) is 11.0. The summed E-state index contributed by atoms with van der Waals surface area (Å²) in [6.07, 6.45) is 3.11. The minimum absolute atomic E-state index is 0.140. The average molecular weight is 443 g/mol. The van der Waals surface area contributed by atoms with Gasteiger partial charge in [0.1, 0.15) is 5.75 Å². The number of H-pyrrole nitrogens is 1. The van der Waals surface area contributed by atoms with Gasteiger partial charge in [-0.15, -0.1) is 0 Å². The fourth-order valence-corrected chi connectivity index (χ4v) is 3.98. The molecular weight excluding hydrogens is 416 g/mol. The number of likely N-dealkylation sites (N-methyl/N-ethyl adjacent to an activating group) is 1. The van der Waals surface area contributed by atoms with Crippen molar-refractivity contribution < 1.29 is 4.74 Å². The van der Waals surface area contributed by atoms with E-state index in [-0.39, 0.29) is 11.6 Å². The first-order valence-corrected chi connectivity index (χ1v) is 11.0. The molecular formula is C25H26N6O2. The molecule has 1 saturated heterocycles. The quantitative estimate of drug-likeness (QED) is 0.506. The van der Waals surface area contributed by atoms with Gasteiger partial charge in [-0.2, -0.15) is 4.98 Å². The predicted molar refractivity (Wildman–Crippen MR) is 131 cm³/mol. The lowest BCUT2D eigenvalue weighted by Gasteiger charge is -2.34. The summed E-state index contributed by atoms with van der Waals surface area (Å²) in [5.74, 6) is 0.588. The molecule has 1 aliphatic rings. The number of aromatic nitrogens is 3. The summed E-state index contributed by atoms with van der Waals surface area (Å²) >= 11 is 0. The van der Waals surface area contributed by atoms with E-state index >= 15 is 0 Å². The zero-order valence-electron chi connectivity index (χ0n) is 18.7. The Morgan fingerprint density at radius 2 is 1.79 bits per heavy atom. The van der Waals surface area contributed by atoms with Crippen molar-refractivity contribution in [3.63, 3.8) is 0 Å². The molecule has 0 amide bonds. The van der Waals surface area contributed by atoms with Crippen molar-refractivity contribution >= 4 is 28.0 Å². The molecule has 5 rings (SSSR count). The number of rotatable bonds is 5. The molecule has 168 valence electrons. The number of benzene rings is 2. The average Bonchev–Trinajstić information content (AvgIpc) is 2.85. The number of nitrogens with one attached hydrogen (secondary N) is 1. The van der Waals surface area contributed by atoms with Crippen LogP contribution in [0, 0.1) is 0 Å². The van der Waals surface area contributed by atoms with Crippen molar-refractivity contribution in [2.45, 2.75) is 0 Å². The van der Waals surface area contributed by atoms with Crippen molar-refractivity contribution in [1.29, 1.82) is 0 Å². The van der Waals surface area contributed by atoms with Crippen LogP contribution < -0.4 is 20.1 Å². The highest BCUT2D eigenvalue weighted by atomic mass is 16.5. The minimum Gasteiger partial charge on any atom is -0.426 e. The smallest absolute Gasteiger partial charge is 0.302 e. The van der Waals surface area contributed by atoms with E-state index in [0.717, 1.165) is 37.6 Å². The first kappa shape index (κ1) is 21.0. The van der Waals surface area contributed by atoms with Gasteiger partial charge in [0.05, 0.1) is 17.1 Å². The largest absolute Gasteiger partial charge is 0.426 e. The van der Waals surface area contributed by atoms with Crippen LogP contribution in [0.1, 0.15) is 0 Å². The number of aromatic amines is 1. The van der Waals surface area contributed by atoms with Crippen LogP contribution in [0.3, 0.4) is 0 Å². The number of piperazine rings is 1. The highest BCUT2D eigenvalue weighted by Crippen LogP contribution is 2.30. The molecule has 0 unspecified atom stereocenters. The highest BCUT2D eigenvalue weighted by molar-refractivity contribution is 5.76. The maximum Gasteiger partial charge on any atom is 0.302 e. The normalized spacial score (nSPS) is 14.4. The Morgan fingerprint density at radius 1 is 1.00 bits per heavy atom. The summed E-state index contributed by atoms with van der Waals surface area (Å²) in [6, 6.07) is 18.1. The molecule has 0 saturated carbocycles. The number of ether oxygens (including phenoxy) is 1. The fraction of sp³-hybridized carbons (Fsp3) is 0.240. The van der Waals surface area contributed by atoms with E-state index in [9.17, 15) is 4.79 Å². The van der Waals surface area contributed by atoms with E-state index in [2.05, 4.69) is 61.0 Å². The number of fused-ring (bicyclic) bond motifs is 1. The maximum atomic E-state index is 12.2. The molecule has 33 heavy (non-hydrogen) atoms. The van der Waals surface area contributed by atoms with Crippen LogP contribution in [0.5, 0.6) is 11.8 Å². The van der Waals surface area contributed by atoms with Gasteiger partial charge >= 0.3 is 6.01 Å². The van der Waals surface area contributed by atoms with E-state index in [0.29, 0.717) is 16.7 Å². The van der Waals surface area contributed by atoms with Gasteiger partial charge in [0.25, 0.3) is 5.56 Å². The van der Waals surface area contributed by atoms with Crippen LogP contribution in [0.4, 0.5) is 17.1 Å². The molecule has 1 N–H and O–H groups in total. The van der Waals surface area contributed by atoms with E-state index in [4.69, 9.17) is 4.74 Å². The maximum absolute atomic E-state index is 12.2. The summed E-state index contributed by atoms with van der Waals surface area (Å²) in [7, 11) is 4.22. The number of pyridine rings is 1. The lowest BCUT2D eigenvalue weighted by molar-refractivity contribution is 0.313. The Balaban J connectivity index is 1.31. The zero-order chi connectivity index (χ0) is 22.8. The number of anilines is 3. The molecule has 0 radical (unpaired) electrons. The van der Waals surface area contributed by atoms with E-state index in [1.165, 1.54) is 5.69 Å². The molecule has 0 spiro atoms. The summed E-state index contributed by atoms with van der Waals surface area (Å²) < 4.78 is 5.79. The van der Waals surface area contributed by atoms with Crippen molar-refractivity contribution in [2.24, 2.45) is 0 Å². The van der Waals surface area contributed by atoms with Gasteiger partial charge < -0.3 is 19.4 Å². The zero-order valence-corrected chi connectivity index (χ0v) is 18.7. The molecule has 0 atom stereocenters. The summed E-state index contributed by atoms with van der Waals surface area (Å²) in [5.41, 5.74) is 3.63. The Labute approximate surface area is 192 Å². The second-order valence-corrected chi connectivity index (χ2v) is 8.23. The van der Waals surface area contributed by atoms with Crippen LogP contribution in [0.25, 0.3) is 10.9 Å². The molecule has 1 fully saturated rings. The monoisotopic (exact) mass is 442 g/mol.